The van der Waals surface area contributed by atoms with Crippen LogP contribution in [0.1, 0.15) is 93.5 Å². The van der Waals surface area contributed by atoms with Crippen molar-refractivity contribution in [3.8, 4) is 11.5 Å². The maximum atomic E-state index is 6.16. The number of hydrogen-bond acceptors (Lipinski definition) is 3. The van der Waals surface area contributed by atoms with Gasteiger partial charge in [0.1, 0.15) is 5.75 Å². The third kappa shape index (κ3) is 14.2. The third-order valence-electron chi connectivity index (χ3n) is 9.61. The van der Waals surface area contributed by atoms with Gasteiger partial charge in [-0.15, -0.1) is 0 Å². The van der Waals surface area contributed by atoms with Crippen LogP contribution in [0.2, 0.25) is 0 Å². The zero-order valence-corrected chi connectivity index (χ0v) is 37.2. The summed E-state index contributed by atoms with van der Waals surface area (Å²) in [6.07, 6.45) is 0.918. The summed E-state index contributed by atoms with van der Waals surface area (Å²) in [7, 11) is 0. The molecule has 7 rings (SSSR count). The monoisotopic (exact) mass is 783 g/mol. The van der Waals surface area contributed by atoms with E-state index in [1.807, 2.05) is 96.1 Å². The van der Waals surface area contributed by atoms with Crippen LogP contribution in [-0.4, -0.2) is 0 Å². The summed E-state index contributed by atoms with van der Waals surface area (Å²) in [6, 6.07) is 62.8. The van der Waals surface area contributed by atoms with E-state index in [-0.39, 0.29) is 6.04 Å². The second-order valence-electron chi connectivity index (χ2n) is 13.4. The predicted octanol–water partition coefficient (Wildman–Crippen LogP) is 16.7. The van der Waals surface area contributed by atoms with E-state index in [9.17, 15) is 0 Å². The Balaban J connectivity index is 0.000000577. The first-order valence-electron chi connectivity index (χ1n) is 21.2. The first-order chi connectivity index (χ1) is 28.9. The molecule has 3 heteroatoms. The summed E-state index contributed by atoms with van der Waals surface area (Å²) in [5, 5.41) is 3.54. The van der Waals surface area contributed by atoms with Crippen LogP contribution in [-0.2, 0) is 6.42 Å². The van der Waals surface area contributed by atoms with E-state index in [1.54, 1.807) is 0 Å². The van der Waals surface area contributed by atoms with Gasteiger partial charge in [0.15, 0.2) is 5.75 Å². The Kier molecular flexibility index (Phi) is 20.6. The van der Waals surface area contributed by atoms with Crippen LogP contribution in [0.15, 0.2) is 189 Å². The number of anilines is 3. The minimum atomic E-state index is 0.0503. The number of rotatable bonds is 11. The van der Waals surface area contributed by atoms with Gasteiger partial charge in [-0.1, -0.05) is 182 Å². The van der Waals surface area contributed by atoms with Gasteiger partial charge in [-0.3, -0.25) is 0 Å². The lowest BCUT2D eigenvalue weighted by Crippen LogP contribution is -2.24. The highest BCUT2D eigenvalue weighted by Gasteiger charge is 2.21. The van der Waals surface area contributed by atoms with Crippen molar-refractivity contribution in [3.63, 3.8) is 0 Å². The molecule has 0 amide bonds. The fraction of sp³-hybridized carbons (Fsp3) is 0.214. The van der Waals surface area contributed by atoms with Crippen molar-refractivity contribution in [2.75, 3.05) is 10.2 Å². The highest BCUT2D eigenvalue weighted by atomic mass is 16.5. The Morgan fingerprint density at radius 3 is 1.59 bits per heavy atom. The van der Waals surface area contributed by atoms with Crippen molar-refractivity contribution in [1.82, 2.24) is 0 Å². The molecule has 0 saturated heterocycles. The first kappa shape index (κ1) is 47.1. The van der Waals surface area contributed by atoms with Crippen molar-refractivity contribution >= 4 is 22.8 Å². The van der Waals surface area contributed by atoms with Crippen molar-refractivity contribution in [2.24, 2.45) is 0 Å². The van der Waals surface area contributed by atoms with Crippen LogP contribution in [0.5, 0.6) is 11.5 Å². The second-order valence-corrected chi connectivity index (χ2v) is 13.4. The fourth-order valence-corrected chi connectivity index (χ4v) is 6.27. The number of hydrogen-bond donors (Lipinski definition) is 1. The Bertz CT molecular complexity index is 2190. The summed E-state index contributed by atoms with van der Waals surface area (Å²) < 4.78 is 6.16. The van der Waals surface area contributed by atoms with Crippen LogP contribution >= 0.6 is 0 Å². The van der Waals surface area contributed by atoms with Gasteiger partial charge in [0, 0.05) is 17.1 Å². The first-order valence-corrected chi connectivity index (χ1v) is 21.2. The number of nitrogens with one attached hydrogen (secondary N) is 1. The second kappa shape index (κ2) is 25.8. The van der Waals surface area contributed by atoms with Gasteiger partial charge in [-0.05, 0) is 122 Å². The Morgan fingerprint density at radius 1 is 0.542 bits per heavy atom. The van der Waals surface area contributed by atoms with Crippen LogP contribution in [0, 0.1) is 20.8 Å². The Morgan fingerprint density at radius 2 is 1.03 bits per heavy atom. The molecule has 7 aromatic rings. The summed E-state index contributed by atoms with van der Waals surface area (Å²) in [4.78, 5) is 2.32. The Labute approximate surface area is 357 Å². The van der Waals surface area contributed by atoms with E-state index >= 15 is 0 Å². The van der Waals surface area contributed by atoms with E-state index in [0.29, 0.717) is 0 Å². The molecule has 306 valence electrons. The molecular formula is C56H66N2O. The minimum Gasteiger partial charge on any atom is -0.455 e. The lowest BCUT2D eigenvalue weighted by molar-refractivity contribution is 0.485. The predicted molar refractivity (Wildman–Crippen MR) is 259 cm³/mol. The summed E-state index contributed by atoms with van der Waals surface area (Å²) >= 11 is 0. The molecule has 0 aliphatic carbocycles. The lowest BCUT2D eigenvalue weighted by atomic mass is 9.98. The number of ether oxygens (including phenoxy) is 1. The normalized spacial score (nSPS) is 10.3. The fourth-order valence-electron chi connectivity index (χ4n) is 6.27. The zero-order chi connectivity index (χ0) is 43.0. The van der Waals surface area contributed by atoms with Crippen LogP contribution in [0.25, 0.3) is 5.70 Å². The van der Waals surface area contributed by atoms with Gasteiger partial charge >= 0.3 is 0 Å². The van der Waals surface area contributed by atoms with E-state index < -0.39 is 0 Å². The number of benzene rings is 7. The topological polar surface area (TPSA) is 24.5 Å². The quantitative estimate of drug-likeness (QED) is 0.141. The van der Waals surface area contributed by atoms with Gasteiger partial charge in [0.2, 0.25) is 0 Å². The summed E-state index contributed by atoms with van der Waals surface area (Å²) in [5.74, 6) is 1.58. The van der Waals surface area contributed by atoms with Gasteiger partial charge < -0.3 is 15.0 Å². The average molecular weight is 783 g/mol. The van der Waals surface area contributed by atoms with E-state index in [1.165, 1.54) is 33.4 Å². The van der Waals surface area contributed by atoms with Gasteiger partial charge in [-0.25, -0.2) is 0 Å². The third-order valence-corrected chi connectivity index (χ3v) is 9.61. The number of aryl methyl sites for hydroxylation is 3. The smallest absolute Gasteiger partial charge is 0.150 e. The average Bonchev–Trinajstić information content (AvgIpc) is 3.30. The molecule has 0 aliphatic rings. The minimum absolute atomic E-state index is 0.0503. The molecule has 1 atom stereocenters. The highest BCUT2D eigenvalue weighted by Crippen LogP contribution is 2.36. The lowest BCUT2D eigenvalue weighted by Gasteiger charge is -2.33. The molecule has 7 aromatic carbocycles. The van der Waals surface area contributed by atoms with E-state index in [4.69, 9.17) is 4.74 Å². The van der Waals surface area contributed by atoms with Gasteiger partial charge in [0.05, 0.1) is 11.7 Å². The summed E-state index contributed by atoms with van der Waals surface area (Å²) in [5.41, 5.74) is 13.0. The molecule has 0 bridgehead atoms. The maximum Gasteiger partial charge on any atom is 0.150 e. The SMILES string of the molecule is C=C(c1ccc(Cc2ccccc2C)cc1)N(c1ccccc1)C(C)c1ccc(Nc2ccccc2Oc2ccccc2)cc1.CC.CC.CC.Cc1ccccc1C. The molecular weight excluding hydrogens is 717 g/mol. The summed E-state index contributed by atoms with van der Waals surface area (Å²) in [6.45, 7) is 25.2. The maximum absolute atomic E-state index is 6.16. The molecule has 59 heavy (non-hydrogen) atoms. The van der Waals surface area contributed by atoms with Crippen LogP contribution in [0.3, 0.4) is 0 Å². The number of nitrogens with zero attached hydrogens (tertiary/aromatic N) is 1. The van der Waals surface area contributed by atoms with Crippen LogP contribution < -0.4 is 15.0 Å². The van der Waals surface area contributed by atoms with Crippen molar-refractivity contribution in [2.45, 2.75) is 81.7 Å². The van der Waals surface area contributed by atoms with E-state index in [0.717, 1.165) is 46.2 Å². The standard InChI is InChI=1S/C42H38N2O.C8H10.3C2H6/c1-31-14-10-11-15-37(31)30-34-22-24-35(25-23-34)32(2)44(39-16-6-4-7-17-39)33(3)36-26-28-38(29-27-36)43-41-20-12-13-21-42(41)45-40-18-8-5-9-19-40;1-7-5-3-4-6-8(7)2;3*1-2/h4-29,33,43H,2,30H2,1,3H3;3-6H,1-2H3;3*1-2H3. The molecule has 0 saturated carbocycles. The Hall–Kier alpha value is -6.32. The molecule has 0 heterocycles. The molecule has 0 aliphatic heterocycles. The highest BCUT2D eigenvalue weighted by molar-refractivity contribution is 5.79. The van der Waals surface area contributed by atoms with Crippen molar-refractivity contribution in [1.29, 1.82) is 0 Å². The van der Waals surface area contributed by atoms with Crippen LogP contribution in [0.4, 0.5) is 17.1 Å². The largest absolute Gasteiger partial charge is 0.455 e. The molecule has 0 fully saturated rings. The number of para-hydroxylation sites is 4. The zero-order valence-electron chi connectivity index (χ0n) is 37.2. The van der Waals surface area contributed by atoms with Gasteiger partial charge in [0.25, 0.3) is 0 Å². The molecule has 0 aromatic heterocycles. The molecule has 1 N–H and O–H groups in total. The molecule has 0 spiro atoms. The molecule has 0 radical (unpaired) electrons. The van der Waals surface area contributed by atoms with E-state index in [2.05, 4.69) is 172 Å². The van der Waals surface area contributed by atoms with Crippen molar-refractivity contribution < 1.29 is 4.74 Å². The van der Waals surface area contributed by atoms with Gasteiger partial charge in [-0.2, -0.15) is 0 Å². The molecule has 3 nitrogen and oxygen atoms in total. The molecule has 1 unspecified atom stereocenters. The van der Waals surface area contributed by atoms with Crippen molar-refractivity contribution in [3.05, 3.63) is 228 Å².